The summed E-state index contributed by atoms with van der Waals surface area (Å²) < 4.78 is 24.9. The molecular formula is C18H15N2O2S3-. The predicted molar refractivity (Wildman–Crippen MR) is 105 cm³/mol. The molecule has 0 spiro atoms. The molecule has 7 heteroatoms. The van der Waals surface area contributed by atoms with E-state index < -0.39 is 9.84 Å². The highest BCUT2D eigenvalue weighted by molar-refractivity contribution is 8.04. The number of benzene rings is 2. The van der Waals surface area contributed by atoms with Crippen LogP contribution >= 0.6 is 23.1 Å². The largest absolute Gasteiger partial charge is 0.651 e. The van der Waals surface area contributed by atoms with Crippen LogP contribution in [0.3, 0.4) is 0 Å². The molecule has 1 aromatic heterocycles. The van der Waals surface area contributed by atoms with E-state index in [1.807, 2.05) is 12.1 Å². The summed E-state index contributed by atoms with van der Waals surface area (Å²) in [5.74, 6) is 0.0986. The predicted octanol–water partition coefficient (Wildman–Crippen LogP) is 5.51. The average molecular weight is 388 g/mol. The van der Waals surface area contributed by atoms with Crippen LogP contribution in [0.15, 0.2) is 51.2 Å². The minimum Gasteiger partial charge on any atom is -0.651 e. The first-order valence-corrected chi connectivity index (χ1v) is 11.1. The number of sulfone groups is 1. The number of aromatic nitrogens is 1. The van der Waals surface area contributed by atoms with Gasteiger partial charge < -0.3 is 5.32 Å². The number of hydrogen-bond acceptors (Lipinski definition) is 5. The Hall–Kier alpha value is -1.83. The molecule has 0 amide bonds. The van der Waals surface area contributed by atoms with Crippen molar-refractivity contribution < 1.29 is 8.42 Å². The molecule has 2 aromatic carbocycles. The Bertz CT molecular complexity index is 1110. The molecule has 0 saturated carbocycles. The third-order valence-electron chi connectivity index (χ3n) is 3.92. The number of fused-ring (bicyclic) bond motifs is 2. The van der Waals surface area contributed by atoms with Crippen molar-refractivity contribution in [3.05, 3.63) is 57.3 Å². The molecule has 0 saturated heterocycles. The highest BCUT2D eigenvalue weighted by Gasteiger charge is 2.13. The third-order valence-corrected chi connectivity index (χ3v) is 7.59. The molecule has 1 aliphatic rings. The zero-order chi connectivity index (χ0) is 17.6. The van der Waals surface area contributed by atoms with Crippen molar-refractivity contribution in [3.8, 4) is 0 Å². The first-order valence-electron chi connectivity index (χ1n) is 7.80. The number of nitrogens with zero attached hydrogens (tertiary/aromatic N) is 2. The van der Waals surface area contributed by atoms with E-state index in [1.165, 1.54) is 16.9 Å². The maximum Gasteiger partial charge on any atom is 0.178 e. The highest BCUT2D eigenvalue weighted by Crippen LogP contribution is 2.50. The fourth-order valence-corrected chi connectivity index (χ4v) is 5.56. The van der Waals surface area contributed by atoms with Crippen LogP contribution in [0.1, 0.15) is 17.5 Å². The Kier molecular flexibility index (Phi) is 4.10. The summed E-state index contributed by atoms with van der Waals surface area (Å²) in [5, 5.41) is 6.36. The summed E-state index contributed by atoms with van der Waals surface area (Å²) in [6.45, 7) is 3.72. The van der Waals surface area contributed by atoms with Gasteiger partial charge in [0.05, 0.1) is 20.9 Å². The van der Waals surface area contributed by atoms with Crippen molar-refractivity contribution in [3.63, 3.8) is 0 Å². The summed E-state index contributed by atoms with van der Waals surface area (Å²) in [5.41, 5.74) is 3.01. The maximum absolute atomic E-state index is 12.0. The van der Waals surface area contributed by atoms with E-state index >= 15 is 0 Å². The van der Waals surface area contributed by atoms with Crippen molar-refractivity contribution in [1.29, 1.82) is 0 Å². The van der Waals surface area contributed by atoms with Gasteiger partial charge in [-0.2, -0.15) is 0 Å². The lowest BCUT2D eigenvalue weighted by atomic mass is 10.2. The third kappa shape index (κ3) is 3.19. The Morgan fingerprint density at radius 3 is 2.84 bits per heavy atom. The molecule has 2 heterocycles. The molecule has 0 atom stereocenters. The van der Waals surface area contributed by atoms with Crippen molar-refractivity contribution in [2.45, 2.75) is 23.6 Å². The quantitative estimate of drug-likeness (QED) is 0.595. The lowest BCUT2D eigenvalue weighted by Gasteiger charge is -2.14. The van der Waals surface area contributed by atoms with Gasteiger partial charge in [-0.15, -0.1) is 28.8 Å². The van der Waals surface area contributed by atoms with Crippen LogP contribution in [0.4, 0.5) is 5.69 Å². The zero-order valence-corrected chi connectivity index (χ0v) is 16.1. The van der Waals surface area contributed by atoms with Crippen molar-refractivity contribution in [1.82, 2.24) is 4.98 Å². The van der Waals surface area contributed by atoms with Crippen LogP contribution in [0, 0.1) is 6.92 Å². The van der Waals surface area contributed by atoms with E-state index in [0.29, 0.717) is 4.90 Å². The van der Waals surface area contributed by atoms with E-state index in [2.05, 4.69) is 29.4 Å². The van der Waals surface area contributed by atoms with Crippen LogP contribution in [0.2, 0.25) is 0 Å². The molecule has 0 bridgehead atoms. The van der Waals surface area contributed by atoms with E-state index in [9.17, 15) is 8.42 Å². The molecule has 4 rings (SSSR count). The van der Waals surface area contributed by atoms with Crippen molar-refractivity contribution in [2.24, 2.45) is 0 Å². The lowest BCUT2D eigenvalue weighted by Crippen LogP contribution is -2.02. The number of thioether (sulfide) groups is 1. The fourth-order valence-electron chi connectivity index (χ4n) is 2.56. The summed E-state index contributed by atoms with van der Waals surface area (Å²) in [7, 11) is -3.20. The summed E-state index contributed by atoms with van der Waals surface area (Å²) in [6.07, 6.45) is 1.96. The monoisotopic (exact) mass is 387 g/mol. The molecule has 25 heavy (non-hydrogen) atoms. The summed E-state index contributed by atoms with van der Waals surface area (Å²) in [4.78, 5) is 6.09. The van der Waals surface area contributed by atoms with Crippen LogP contribution in [-0.2, 0) is 9.84 Å². The fraction of sp³-hybridized carbons (Fsp3) is 0.167. The van der Waals surface area contributed by atoms with Gasteiger partial charge >= 0.3 is 0 Å². The van der Waals surface area contributed by atoms with E-state index in [1.54, 1.807) is 36.9 Å². The standard InChI is InChI=1S/C18H15N2O2S3/c1-3-25(21,22)12-5-7-14-16(9-12)24-18(20-14)10-17-19-13-6-4-11(2)8-15(13)23-17/h4-10H,3H2,1-2H3/q-1/b17-10+. The lowest BCUT2D eigenvalue weighted by molar-refractivity contribution is 0.597. The Morgan fingerprint density at radius 1 is 1.20 bits per heavy atom. The molecule has 0 fully saturated rings. The SMILES string of the molecule is CCS(=O)(=O)c1ccc2nc(/C=C3\[N-]c4ccc(C)cc4S3)sc2c1. The molecule has 1 aliphatic heterocycles. The molecule has 0 radical (unpaired) electrons. The molecule has 0 N–H and O–H groups in total. The molecule has 3 aromatic rings. The van der Waals surface area contributed by atoms with Gasteiger partial charge in [0.25, 0.3) is 0 Å². The number of rotatable bonds is 3. The van der Waals surface area contributed by atoms with Crippen molar-refractivity contribution in [2.75, 3.05) is 5.75 Å². The molecule has 4 nitrogen and oxygen atoms in total. The second kappa shape index (κ2) is 6.16. The van der Waals surface area contributed by atoms with Crippen LogP contribution in [-0.4, -0.2) is 19.2 Å². The normalized spacial score (nSPS) is 15.5. The van der Waals surface area contributed by atoms with Gasteiger partial charge in [0, 0.05) is 0 Å². The van der Waals surface area contributed by atoms with Gasteiger partial charge in [-0.1, -0.05) is 29.6 Å². The average Bonchev–Trinajstić information content (AvgIpc) is 3.16. The van der Waals surface area contributed by atoms with Gasteiger partial charge in [0.2, 0.25) is 0 Å². The molecule has 0 unspecified atom stereocenters. The van der Waals surface area contributed by atoms with Gasteiger partial charge in [0.15, 0.2) is 9.84 Å². The Morgan fingerprint density at radius 2 is 2.04 bits per heavy atom. The first kappa shape index (κ1) is 16.6. The van der Waals surface area contributed by atoms with Crippen LogP contribution in [0.25, 0.3) is 21.6 Å². The topological polar surface area (TPSA) is 61.1 Å². The summed E-state index contributed by atoms with van der Waals surface area (Å²) in [6, 6.07) is 11.3. The van der Waals surface area contributed by atoms with Gasteiger partial charge in [0.1, 0.15) is 5.01 Å². The van der Waals surface area contributed by atoms with Crippen molar-refractivity contribution >= 4 is 54.9 Å². The van der Waals surface area contributed by atoms with Crippen LogP contribution in [0.5, 0.6) is 0 Å². The zero-order valence-electron chi connectivity index (χ0n) is 13.7. The van der Waals surface area contributed by atoms with Gasteiger partial charge in [-0.05, 0) is 42.2 Å². The molecule has 128 valence electrons. The summed E-state index contributed by atoms with van der Waals surface area (Å²) >= 11 is 3.11. The van der Waals surface area contributed by atoms with E-state index in [-0.39, 0.29) is 5.75 Å². The smallest absolute Gasteiger partial charge is 0.178 e. The van der Waals surface area contributed by atoms with Crippen LogP contribution < -0.4 is 0 Å². The highest BCUT2D eigenvalue weighted by atomic mass is 32.2. The van der Waals surface area contributed by atoms with Gasteiger partial charge in [-0.25, -0.2) is 13.4 Å². The van der Waals surface area contributed by atoms with E-state index in [0.717, 1.165) is 30.8 Å². The minimum absolute atomic E-state index is 0.0986. The second-order valence-electron chi connectivity index (χ2n) is 5.75. The Balaban J connectivity index is 1.67. The molecule has 0 aliphatic carbocycles. The Labute approximate surface area is 154 Å². The number of aryl methyl sites for hydroxylation is 1. The molecular weight excluding hydrogens is 372 g/mol. The van der Waals surface area contributed by atoms with E-state index in [4.69, 9.17) is 0 Å². The second-order valence-corrected chi connectivity index (χ2v) is 10.2. The number of hydrogen-bond donors (Lipinski definition) is 0. The maximum atomic E-state index is 12.0. The first-order chi connectivity index (χ1) is 11.9. The number of thiazole rings is 1. The minimum atomic E-state index is -3.20. The van der Waals surface area contributed by atoms with Gasteiger partial charge in [-0.3, -0.25) is 0 Å².